The highest BCUT2D eigenvalue weighted by Gasteiger charge is 2.24. The molecule has 0 atom stereocenters. The quantitative estimate of drug-likeness (QED) is 0.895. The lowest BCUT2D eigenvalue weighted by Crippen LogP contribution is -2.29. The molecule has 0 radical (unpaired) electrons. The Morgan fingerprint density at radius 2 is 2.10 bits per heavy atom. The predicted molar refractivity (Wildman–Crippen MR) is 77.9 cm³/mol. The highest BCUT2D eigenvalue weighted by atomic mass is 16.2. The molecule has 2 aromatic heterocycles. The first-order valence-electron chi connectivity index (χ1n) is 7.52. The zero-order valence-electron chi connectivity index (χ0n) is 11.8. The monoisotopic (exact) mass is 286 g/mol. The number of rotatable bonds is 4. The first kappa shape index (κ1) is 12.6. The van der Waals surface area contributed by atoms with Gasteiger partial charge in [0.2, 0.25) is 5.91 Å². The van der Waals surface area contributed by atoms with Gasteiger partial charge in [-0.2, -0.15) is 5.10 Å². The summed E-state index contributed by atoms with van der Waals surface area (Å²) in [5.41, 5.74) is 0.734. The van der Waals surface area contributed by atoms with Gasteiger partial charge >= 0.3 is 0 Å². The number of anilines is 1. The lowest BCUT2D eigenvalue weighted by Gasteiger charge is -2.16. The second-order valence-corrected chi connectivity index (χ2v) is 5.77. The predicted octanol–water partition coefficient (Wildman–Crippen LogP) is 0.705. The standard InChI is InChI=1S/C14H18N6O/c21-12(18-10-3-4-10)8-20-14-11(7-17-20)13(15-9-16-14)19-5-1-2-6-19/h7,9-10H,1-6,8H2,(H,18,21). The van der Waals surface area contributed by atoms with Crippen LogP contribution >= 0.6 is 0 Å². The summed E-state index contributed by atoms with van der Waals surface area (Å²) in [5.74, 6) is 0.940. The fraction of sp³-hybridized carbons (Fsp3) is 0.571. The fourth-order valence-corrected chi connectivity index (χ4v) is 2.81. The van der Waals surface area contributed by atoms with E-state index in [0.717, 1.165) is 42.8 Å². The molecule has 2 fully saturated rings. The van der Waals surface area contributed by atoms with Crippen molar-refractivity contribution in [1.29, 1.82) is 0 Å². The van der Waals surface area contributed by atoms with Gasteiger partial charge in [0.25, 0.3) is 0 Å². The average Bonchev–Trinajstić information content (AvgIpc) is 3.00. The summed E-state index contributed by atoms with van der Waals surface area (Å²) >= 11 is 0. The summed E-state index contributed by atoms with van der Waals surface area (Å²) in [6.45, 7) is 2.27. The molecule has 0 unspecified atom stereocenters. The van der Waals surface area contributed by atoms with E-state index in [1.807, 2.05) is 0 Å². The molecule has 1 N–H and O–H groups in total. The van der Waals surface area contributed by atoms with Gasteiger partial charge in [0.05, 0.1) is 11.6 Å². The summed E-state index contributed by atoms with van der Waals surface area (Å²) < 4.78 is 1.66. The largest absolute Gasteiger partial charge is 0.356 e. The number of hydrogen-bond acceptors (Lipinski definition) is 5. The maximum atomic E-state index is 11.9. The third-order valence-corrected chi connectivity index (χ3v) is 4.05. The Bertz CT molecular complexity index is 671. The molecule has 1 saturated carbocycles. The van der Waals surface area contributed by atoms with E-state index in [4.69, 9.17) is 0 Å². The highest BCUT2D eigenvalue weighted by Crippen LogP contribution is 2.25. The highest BCUT2D eigenvalue weighted by molar-refractivity contribution is 5.88. The summed E-state index contributed by atoms with van der Waals surface area (Å²) in [5, 5.41) is 8.22. The Morgan fingerprint density at radius 1 is 1.29 bits per heavy atom. The van der Waals surface area contributed by atoms with E-state index in [9.17, 15) is 4.79 Å². The zero-order chi connectivity index (χ0) is 14.2. The van der Waals surface area contributed by atoms with Crippen LogP contribution in [0.3, 0.4) is 0 Å². The van der Waals surface area contributed by atoms with Crippen molar-refractivity contribution >= 4 is 22.8 Å². The van der Waals surface area contributed by atoms with Crippen LogP contribution < -0.4 is 10.2 Å². The van der Waals surface area contributed by atoms with E-state index in [0.29, 0.717) is 6.04 Å². The van der Waals surface area contributed by atoms with Crippen LogP contribution in [-0.4, -0.2) is 44.8 Å². The molecule has 1 aliphatic heterocycles. The van der Waals surface area contributed by atoms with Crippen molar-refractivity contribution in [2.24, 2.45) is 0 Å². The van der Waals surface area contributed by atoms with Crippen LogP contribution in [0.25, 0.3) is 11.0 Å². The molecule has 1 aliphatic carbocycles. The Morgan fingerprint density at radius 3 is 2.86 bits per heavy atom. The van der Waals surface area contributed by atoms with Gasteiger partial charge in [-0.15, -0.1) is 0 Å². The van der Waals surface area contributed by atoms with E-state index in [-0.39, 0.29) is 12.5 Å². The normalized spacial score (nSPS) is 18.4. The average molecular weight is 286 g/mol. The number of nitrogens with one attached hydrogen (secondary N) is 1. The Hall–Kier alpha value is -2.18. The molecule has 2 aromatic rings. The smallest absolute Gasteiger partial charge is 0.242 e. The summed E-state index contributed by atoms with van der Waals surface area (Å²) in [4.78, 5) is 22.9. The molecule has 21 heavy (non-hydrogen) atoms. The van der Waals surface area contributed by atoms with Gasteiger partial charge in [0, 0.05) is 19.1 Å². The second-order valence-electron chi connectivity index (χ2n) is 5.77. The molecule has 0 aromatic carbocycles. The van der Waals surface area contributed by atoms with Crippen LogP contribution in [0.5, 0.6) is 0 Å². The molecular formula is C14H18N6O. The van der Waals surface area contributed by atoms with Gasteiger partial charge in [0.1, 0.15) is 18.7 Å². The van der Waals surface area contributed by atoms with Gasteiger partial charge in [-0.3, -0.25) is 4.79 Å². The Labute approximate surface area is 122 Å². The first-order valence-corrected chi connectivity index (χ1v) is 7.52. The van der Waals surface area contributed by atoms with Crippen molar-refractivity contribution in [3.05, 3.63) is 12.5 Å². The van der Waals surface area contributed by atoms with E-state index in [1.165, 1.54) is 12.8 Å². The van der Waals surface area contributed by atoms with Gasteiger partial charge < -0.3 is 10.2 Å². The van der Waals surface area contributed by atoms with E-state index in [2.05, 4.69) is 25.3 Å². The van der Waals surface area contributed by atoms with Crippen LogP contribution in [-0.2, 0) is 11.3 Å². The van der Waals surface area contributed by atoms with Crippen molar-refractivity contribution in [3.8, 4) is 0 Å². The topological polar surface area (TPSA) is 75.9 Å². The van der Waals surface area contributed by atoms with Gasteiger partial charge in [0.15, 0.2) is 5.65 Å². The van der Waals surface area contributed by atoms with Crippen molar-refractivity contribution in [3.63, 3.8) is 0 Å². The lowest BCUT2D eigenvalue weighted by atomic mass is 10.3. The lowest BCUT2D eigenvalue weighted by molar-refractivity contribution is -0.121. The van der Waals surface area contributed by atoms with E-state index in [1.54, 1.807) is 17.2 Å². The summed E-state index contributed by atoms with van der Waals surface area (Å²) in [6, 6.07) is 0.370. The van der Waals surface area contributed by atoms with Crippen LogP contribution in [0.2, 0.25) is 0 Å². The Balaban J connectivity index is 1.61. The number of carbonyl (C=O) groups excluding carboxylic acids is 1. The van der Waals surface area contributed by atoms with Crippen molar-refractivity contribution < 1.29 is 4.79 Å². The molecule has 0 spiro atoms. The minimum atomic E-state index is 0.00355. The van der Waals surface area contributed by atoms with Crippen molar-refractivity contribution in [2.75, 3.05) is 18.0 Å². The third-order valence-electron chi connectivity index (χ3n) is 4.05. The molecule has 1 saturated heterocycles. The Kier molecular flexibility index (Phi) is 2.98. The van der Waals surface area contributed by atoms with Gasteiger partial charge in [-0.25, -0.2) is 14.6 Å². The second kappa shape index (κ2) is 4.98. The molecule has 7 nitrogen and oxygen atoms in total. The number of nitrogens with zero attached hydrogens (tertiary/aromatic N) is 5. The van der Waals surface area contributed by atoms with Crippen LogP contribution in [0.4, 0.5) is 5.82 Å². The number of carbonyl (C=O) groups is 1. The molecular weight excluding hydrogens is 268 g/mol. The minimum Gasteiger partial charge on any atom is -0.356 e. The maximum Gasteiger partial charge on any atom is 0.242 e. The SMILES string of the molecule is O=C(Cn1ncc2c(N3CCCC3)ncnc21)NC1CC1. The fourth-order valence-electron chi connectivity index (χ4n) is 2.81. The molecule has 2 aliphatic rings. The third kappa shape index (κ3) is 2.43. The number of fused-ring (bicyclic) bond motifs is 1. The van der Waals surface area contributed by atoms with Crippen LogP contribution in [0.15, 0.2) is 12.5 Å². The molecule has 110 valence electrons. The molecule has 1 amide bonds. The molecule has 0 bridgehead atoms. The van der Waals surface area contributed by atoms with Gasteiger partial charge in [-0.05, 0) is 25.7 Å². The zero-order valence-corrected chi connectivity index (χ0v) is 11.8. The first-order chi connectivity index (χ1) is 10.3. The molecule has 4 rings (SSSR count). The maximum absolute atomic E-state index is 11.9. The van der Waals surface area contributed by atoms with Crippen LogP contribution in [0.1, 0.15) is 25.7 Å². The van der Waals surface area contributed by atoms with Crippen molar-refractivity contribution in [1.82, 2.24) is 25.1 Å². The van der Waals surface area contributed by atoms with Gasteiger partial charge in [-0.1, -0.05) is 0 Å². The number of hydrogen-bond donors (Lipinski definition) is 1. The molecule has 3 heterocycles. The van der Waals surface area contributed by atoms with Crippen LogP contribution in [0, 0.1) is 0 Å². The molecule has 7 heteroatoms. The van der Waals surface area contributed by atoms with Crippen molar-refractivity contribution in [2.45, 2.75) is 38.3 Å². The minimum absolute atomic E-state index is 0.00355. The summed E-state index contributed by atoms with van der Waals surface area (Å²) in [7, 11) is 0. The summed E-state index contributed by atoms with van der Waals surface area (Å²) in [6.07, 6.45) is 7.91. The number of amides is 1. The van der Waals surface area contributed by atoms with E-state index < -0.39 is 0 Å². The van der Waals surface area contributed by atoms with E-state index >= 15 is 0 Å². The number of aromatic nitrogens is 4.